The van der Waals surface area contributed by atoms with Gasteiger partial charge in [-0.2, -0.15) is 10.2 Å². The molecule has 3 heterocycles. The van der Waals surface area contributed by atoms with Crippen LogP contribution in [0.2, 0.25) is 0 Å². The number of nitrogens with one attached hydrogen (secondary N) is 2. The lowest BCUT2D eigenvalue weighted by atomic mass is 9.96. The minimum Gasteiger partial charge on any atom is -0.324 e. The molecule has 2 aliphatic rings. The summed E-state index contributed by atoms with van der Waals surface area (Å²) in [5.74, 6) is 1.23. The van der Waals surface area contributed by atoms with Crippen LogP contribution in [0, 0.1) is 11.3 Å². The van der Waals surface area contributed by atoms with Gasteiger partial charge in [-0.15, -0.1) is 0 Å². The Labute approximate surface area is 199 Å². The first-order valence-corrected chi connectivity index (χ1v) is 14.1. The van der Waals surface area contributed by atoms with Crippen molar-refractivity contribution in [2.45, 2.75) is 38.3 Å². The first kappa shape index (κ1) is 22.5. The van der Waals surface area contributed by atoms with Crippen LogP contribution in [-0.2, 0) is 17.5 Å². The maximum atomic E-state index is 12.4. The van der Waals surface area contributed by atoms with Gasteiger partial charge in [0.15, 0.2) is 5.82 Å². The van der Waals surface area contributed by atoms with Gasteiger partial charge < -0.3 is 15.2 Å². The third kappa shape index (κ3) is 4.42. The summed E-state index contributed by atoms with van der Waals surface area (Å²) in [6, 6.07) is 12.4. The first-order chi connectivity index (χ1) is 16.3. The Morgan fingerprint density at radius 2 is 1.97 bits per heavy atom. The fourth-order valence-electron chi connectivity index (χ4n) is 4.90. The molecule has 0 fully saturated rings. The molecule has 2 aromatic heterocycles. The Balaban J connectivity index is 1.44. The average molecular weight is 474 g/mol. The number of benzene rings is 1. The standard InChI is InChI=1S/C25H28N7OP/c1-32-15-17-12-19(11-16-7-4-5-8-20(32)23(16)17)28-25-27-14-18(13-26)24(31-25)30-21-9-6-10-22(29-21)34(2,3)33/h6,9-12,14,20H,4-5,7-8,15H2,1-3H3,(H2,27,28,29,30,31). The van der Waals surface area contributed by atoms with E-state index in [0.29, 0.717) is 34.6 Å². The topological polar surface area (TPSA) is 107 Å². The van der Waals surface area contributed by atoms with Crippen LogP contribution >= 0.6 is 7.14 Å². The summed E-state index contributed by atoms with van der Waals surface area (Å²) in [6.07, 6.45) is 6.26. The Bertz CT molecular complexity index is 1340. The molecule has 0 spiro atoms. The largest absolute Gasteiger partial charge is 0.324 e. The van der Waals surface area contributed by atoms with Gasteiger partial charge in [0, 0.05) is 18.3 Å². The molecule has 1 aromatic carbocycles. The van der Waals surface area contributed by atoms with Crippen molar-refractivity contribution in [1.82, 2.24) is 19.9 Å². The summed E-state index contributed by atoms with van der Waals surface area (Å²) < 4.78 is 12.4. The third-order valence-electron chi connectivity index (χ3n) is 6.51. The number of hydrogen-bond acceptors (Lipinski definition) is 8. The SMILES string of the molecule is CN1Cc2cc(Nc3ncc(C#N)c(Nc4cccc(P(C)(C)=O)n4)n3)cc3c2C1CCCC3. The van der Waals surface area contributed by atoms with Crippen LogP contribution in [0.15, 0.2) is 36.5 Å². The fourth-order valence-corrected chi connectivity index (χ4v) is 5.69. The highest BCUT2D eigenvalue weighted by Crippen LogP contribution is 2.42. The lowest BCUT2D eigenvalue weighted by Gasteiger charge is -2.19. The van der Waals surface area contributed by atoms with Crippen molar-refractivity contribution in [2.75, 3.05) is 31.0 Å². The van der Waals surface area contributed by atoms with Crippen LogP contribution in [-0.4, -0.2) is 40.2 Å². The Morgan fingerprint density at radius 1 is 1.15 bits per heavy atom. The molecule has 0 saturated heterocycles. The highest BCUT2D eigenvalue weighted by molar-refractivity contribution is 7.69. The zero-order valence-corrected chi connectivity index (χ0v) is 20.6. The molecular weight excluding hydrogens is 445 g/mol. The highest BCUT2D eigenvalue weighted by Gasteiger charge is 2.31. The molecule has 34 heavy (non-hydrogen) atoms. The van der Waals surface area contributed by atoms with Gasteiger partial charge in [0.25, 0.3) is 0 Å². The smallest absolute Gasteiger partial charge is 0.229 e. The molecule has 0 saturated carbocycles. The van der Waals surface area contributed by atoms with E-state index in [1.54, 1.807) is 31.5 Å². The van der Waals surface area contributed by atoms with Gasteiger partial charge >= 0.3 is 0 Å². The highest BCUT2D eigenvalue weighted by atomic mass is 31.2. The van der Waals surface area contributed by atoms with Crippen LogP contribution in [0.4, 0.5) is 23.3 Å². The molecule has 9 heteroatoms. The van der Waals surface area contributed by atoms with Crippen molar-refractivity contribution in [3.8, 4) is 6.07 Å². The Morgan fingerprint density at radius 3 is 2.76 bits per heavy atom. The van der Waals surface area contributed by atoms with E-state index in [2.05, 4.69) is 55.7 Å². The molecule has 174 valence electrons. The second kappa shape index (κ2) is 8.83. The average Bonchev–Trinajstić information content (AvgIpc) is 2.96. The number of hydrogen-bond donors (Lipinski definition) is 2. The van der Waals surface area contributed by atoms with Gasteiger partial charge in [-0.25, -0.2) is 9.97 Å². The van der Waals surface area contributed by atoms with E-state index in [1.165, 1.54) is 42.1 Å². The molecule has 1 atom stereocenters. The minimum absolute atomic E-state index is 0.305. The summed E-state index contributed by atoms with van der Waals surface area (Å²) in [7, 11) is -0.309. The number of pyridine rings is 1. The Kier molecular flexibility index (Phi) is 5.85. The van der Waals surface area contributed by atoms with Crippen LogP contribution in [0.5, 0.6) is 0 Å². The van der Waals surface area contributed by atoms with Crippen molar-refractivity contribution >= 4 is 35.8 Å². The van der Waals surface area contributed by atoms with Crippen LogP contribution in [0.3, 0.4) is 0 Å². The first-order valence-electron chi connectivity index (χ1n) is 11.5. The summed E-state index contributed by atoms with van der Waals surface area (Å²) >= 11 is 0. The summed E-state index contributed by atoms with van der Waals surface area (Å²) in [5.41, 5.74) is 6.06. The predicted octanol–water partition coefficient (Wildman–Crippen LogP) is 4.69. The zero-order valence-electron chi connectivity index (χ0n) is 19.7. The van der Waals surface area contributed by atoms with Gasteiger partial charge in [-0.05, 0) is 80.6 Å². The third-order valence-corrected chi connectivity index (χ3v) is 7.86. The number of anilines is 4. The monoisotopic (exact) mass is 473 g/mol. The molecule has 1 aliphatic carbocycles. The zero-order chi connectivity index (χ0) is 23.9. The number of aryl methyl sites for hydroxylation is 1. The van der Waals surface area contributed by atoms with Crippen molar-refractivity contribution in [3.63, 3.8) is 0 Å². The van der Waals surface area contributed by atoms with E-state index in [1.807, 2.05) is 0 Å². The number of nitriles is 1. The molecule has 8 nitrogen and oxygen atoms in total. The molecule has 0 bridgehead atoms. The van der Waals surface area contributed by atoms with Gasteiger partial charge in [0.2, 0.25) is 5.95 Å². The van der Waals surface area contributed by atoms with Crippen LogP contribution in [0.25, 0.3) is 0 Å². The normalized spacial score (nSPS) is 17.5. The summed E-state index contributed by atoms with van der Waals surface area (Å²) in [6.45, 7) is 4.31. The fraction of sp³-hybridized carbons (Fsp3) is 0.360. The Hall–Kier alpha value is -3.27. The molecule has 2 N–H and O–H groups in total. The molecule has 1 unspecified atom stereocenters. The van der Waals surface area contributed by atoms with Crippen molar-refractivity contribution in [2.24, 2.45) is 0 Å². The predicted molar refractivity (Wildman–Crippen MR) is 135 cm³/mol. The van der Waals surface area contributed by atoms with E-state index in [0.717, 1.165) is 18.7 Å². The number of aromatic nitrogens is 3. The summed E-state index contributed by atoms with van der Waals surface area (Å²) in [4.78, 5) is 15.8. The van der Waals surface area contributed by atoms with E-state index in [4.69, 9.17) is 0 Å². The molecular formula is C25H28N7OP. The molecule has 5 rings (SSSR count). The maximum absolute atomic E-state index is 12.4. The van der Waals surface area contributed by atoms with Gasteiger partial charge in [0.1, 0.15) is 30.0 Å². The van der Waals surface area contributed by atoms with E-state index < -0.39 is 7.14 Å². The van der Waals surface area contributed by atoms with Gasteiger partial charge in [-0.1, -0.05) is 12.5 Å². The van der Waals surface area contributed by atoms with Crippen molar-refractivity contribution in [1.29, 1.82) is 5.26 Å². The van der Waals surface area contributed by atoms with E-state index >= 15 is 0 Å². The number of nitrogens with zero attached hydrogens (tertiary/aromatic N) is 5. The van der Waals surface area contributed by atoms with E-state index in [-0.39, 0.29) is 0 Å². The lowest BCUT2D eigenvalue weighted by Crippen LogP contribution is -2.16. The van der Waals surface area contributed by atoms with Crippen LogP contribution < -0.4 is 16.1 Å². The molecule has 0 amide bonds. The molecule has 1 aliphatic heterocycles. The van der Waals surface area contributed by atoms with Gasteiger partial charge in [-0.3, -0.25) is 4.90 Å². The second-order valence-corrected chi connectivity index (χ2v) is 12.6. The van der Waals surface area contributed by atoms with Gasteiger partial charge in [0.05, 0.1) is 6.20 Å². The van der Waals surface area contributed by atoms with Crippen LogP contribution in [0.1, 0.15) is 47.6 Å². The minimum atomic E-state index is -2.51. The molecule has 3 aromatic rings. The van der Waals surface area contributed by atoms with Crippen molar-refractivity contribution < 1.29 is 4.57 Å². The van der Waals surface area contributed by atoms with Crippen molar-refractivity contribution in [3.05, 3.63) is 58.8 Å². The number of rotatable bonds is 5. The molecule has 0 radical (unpaired) electrons. The maximum Gasteiger partial charge on any atom is 0.229 e. The lowest BCUT2D eigenvalue weighted by molar-refractivity contribution is 0.254. The van der Waals surface area contributed by atoms with E-state index in [9.17, 15) is 9.83 Å². The second-order valence-electron chi connectivity index (χ2n) is 9.43. The quantitative estimate of drug-likeness (QED) is 0.514. The summed E-state index contributed by atoms with van der Waals surface area (Å²) in [5, 5.41) is 16.0.